The Morgan fingerprint density at radius 2 is 2.11 bits per heavy atom. The summed E-state index contributed by atoms with van der Waals surface area (Å²) >= 11 is 2.03. The summed E-state index contributed by atoms with van der Waals surface area (Å²) in [5.41, 5.74) is 2.28. The number of rotatable bonds is 3. The number of anilines is 1. The topological polar surface area (TPSA) is 23.5 Å². The van der Waals surface area contributed by atoms with Crippen LogP contribution in [-0.2, 0) is 0 Å². The number of hydrogen-bond acceptors (Lipinski definition) is 3. The van der Waals surface area contributed by atoms with E-state index in [0.717, 1.165) is 30.8 Å². The van der Waals surface area contributed by atoms with Crippen molar-refractivity contribution in [3.63, 3.8) is 0 Å². The molecule has 1 aliphatic heterocycles. The lowest BCUT2D eigenvalue weighted by molar-refractivity contribution is 0.174. The van der Waals surface area contributed by atoms with Gasteiger partial charge in [-0.15, -0.1) is 0 Å². The molecule has 1 saturated heterocycles. The van der Waals surface area contributed by atoms with E-state index in [1.807, 2.05) is 24.8 Å². The standard InChI is InChI=1S/C15H23NOS/c1-4-14(17)12-7-5-6-8-13(12)16-9-10-18-15(2,3)11-16/h5-8,14,17H,4,9-11H2,1-3H3. The van der Waals surface area contributed by atoms with Gasteiger partial charge in [0.2, 0.25) is 0 Å². The fraction of sp³-hybridized carbons (Fsp3) is 0.600. The van der Waals surface area contributed by atoms with Crippen molar-refractivity contribution in [1.82, 2.24) is 0 Å². The van der Waals surface area contributed by atoms with Crippen LogP contribution < -0.4 is 4.90 Å². The smallest absolute Gasteiger partial charge is 0.0807 e. The summed E-state index contributed by atoms with van der Waals surface area (Å²) in [6.45, 7) is 8.73. The average Bonchev–Trinajstić information content (AvgIpc) is 2.36. The van der Waals surface area contributed by atoms with Gasteiger partial charge in [0, 0.05) is 34.8 Å². The third kappa shape index (κ3) is 3.01. The molecule has 1 aromatic carbocycles. The highest BCUT2D eigenvalue weighted by atomic mass is 32.2. The first kappa shape index (κ1) is 13.8. The van der Waals surface area contributed by atoms with Gasteiger partial charge >= 0.3 is 0 Å². The highest BCUT2D eigenvalue weighted by molar-refractivity contribution is 8.00. The number of nitrogens with zero attached hydrogens (tertiary/aromatic N) is 1. The third-order valence-corrected chi connectivity index (χ3v) is 4.75. The predicted octanol–water partition coefficient (Wildman–Crippen LogP) is 3.46. The minimum atomic E-state index is -0.348. The molecule has 2 rings (SSSR count). The van der Waals surface area contributed by atoms with Crippen LogP contribution in [0.2, 0.25) is 0 Å². The monoisotopic (exact) mass is 265 g/mol. The van der Waals surface area contributed by atoms with Gasteiger partial charge in [-0.2, -0.15) is 11.8 Å². The maximum absolute atomic E-state index is 10.1. The summed E-state index contributed by atoms with van der Waals surface area (Å²) in [4.78, 5) is 2.42. The Kier molecular flexibility index (Phi) is 4.23. The lowest BCUT2D eigenvalue weighted by Gasteiger charge is -2.40. The molecule has 1 atom stereocenters. The molecule has 0 spiro atoms. The van der Waals surface area contributed by atoms with Crippen LogP contribution in [0, 0.1) is 0 Å². The highest BCUT2D eigenvalue weighted by Crippen LogP contribution is 2.35. The van der Waals surface area contributed by atoms with Crippen LogP contribution in [0.15, 0.2) is 24.3 Å². The summed E-state index contributed by atoms with van der Waals surface area (Å²) < 4.78 is 0.294. The second kappa shape index (κ2) is 5.54. The van der Waals surface area contributed by atoms with Crippen molar-refractivity contribution in [2.24, 2.45) is 0 Å². The molecule has 1 aliphatic rings. The van der Waals surface area contributed by atoms with Crippen LogP contribution >= 0.6 is 11.8 Å². The van der Waals surface area contributed by atoms with Crippen molar-refractivity contribution in [3.05, 3.63) is 29.8 Å². The van der Waals surface area contributed by atoms with E-state index in [2.05, 4.69) is 36.9 Å². The summed E-state index contributed by atoms with van der Waals surface area (Å²) in [5.74, 6) is 1.16. The Morgan fingerprint density at radius 1 is 1.39 bits per heavy atom. The number of aliphatic hydroxyl groups is 1. The molecular formula is C15H23NOS. The summed E-state index contributed by atoms with van der Waals surface area (Å²) in [6.07, 6.45) is 0.419. The Morgan fingerprint density at radius 3 is 2.78 bits per heavy atom. The van der Waals surface area contributed by atoms with Gasteiger partial charge in [-0.1, -0.05) is 25.1 Å². The van der Waals surface area contributed by atoms with E-state index in [-0.39, 0.29) is 6.10 Å². The van der Waals surface area contributed by atoms with Crippen molar-refractivity contribution < 1.29 is 5.11 Å². The van der Waals surface area contributed by atoms with Crippen molar-refractivity contribution in [2.75, 3.05) is 23.7 Å². The first-order valence-corrected chi connectivity index (χ1v) is 7.68. The fourth-order valence-electron chi connectivity index (χ4n) is 2.50. The van der Waals surface area contributed by atoms with Crippen molar-refractivity contribution in [2.45, 2.75) is 38.0 Å². The second-order valence-electron chi connectivity index (χ2n) is 5.51. The van der Waals surface area contributed by atoms with Crippen LogP contribution in [0.4, 0.5) is 5.69 Å². The lowest BCUT2D eigenvalue weighted by atomic mass is 10.0. The lowest BCUT2D eigenvalue weighted by Crippen LogP contribution is -2.43. The number of thioether (sulfide) groups is 1. The van der Waals surface area contributed by atoms with Crippen molar-refractivity contribution in [3.8, 4) is 0 Å². The van der Waals surface area contributed by atoms with Gasteiger partial charge in [-0.05, 0) is 26.3 Å². The largest absolute Gasteiger partial charge is 0.388 e. The van der Waals surface area contributed by atoms with Gasteiger partial charge in [0.25, 0.3) is 0 Å². The van der Waals surface area contributed by atoms with E-state index in [1.165, 1.54) is 5.69 Å². The van der Waals surface area contributed by atoms with Gasteiger partial charge in [-0.3, -0.25) is 0 Å². The minimum absolute atomic E-state index is 0.294. The first-order chi connectivity index (χ1) is 8.53. The average molecular weight is 265 g/mol. The zero-order chi connectivity index (χ0) is 13.2. The van der Waals surface area contributed by atoms with Crippen molar-refractivity contribution >= 4 is 17.4 Å². The molecule has 3 heteroatoms. The Labute approximate surface area is 114 Å². The molecular weight excluding hydrogens is 242 g/mol. The Hall–Kier alpha value is -0.670. The van der Waals surface area contributed by atoms with Crippen LogP contribution in [0.1, 0.15) is 38.9 Å². The molecule has 0 aromatic heterocycles. The van der Waals surface area contributed by atoms with Gasteiger partial charge in [-0.25, -0.2) is 0 Å². The molecule has 1 heterocycles. The zero-order valence-corrected chi connectivity index (χ0v) is 12.3. The Bertz CT molecular complexity index is 405. The molecule has 0 amide bonds. The number of para-hydroxylation sites is 1. The molecule has 1 N–H and O–H groups in total. The molecule has 1 fully saturated rings. The van der Waals surface area contributed by atoms with Gasteiger partial charge in [0.05, 0.1) is 6.10 Å². The molecule has 0 aliphatic carbocycles. The van der Waals surface area contributed by atoms with E-state index < -0.39 is 0 Å². The zero-order valence-electron chi connectivity index (χ0n) is 11.5. The van der Waals surface area contributed by atoms with Gasteiger partial charge in [0.15, 0.2) is 0 Å². The molecule has 1 unspecified atom stereocenters. The van der Waals surface area contributed by atoms with E-state index >= 15 is 0 Å². The molecule has 2 nitrogen and oxygen atoms in total. The summed E-state index contributed by atoms with van der Waals surface area (Å²) in [7, 11) is 0. The third-order valence-electron chi connectivity index (χ3n) is 3.45. The SMILES string of the molecule is CCC(O)c1ccccc1N1CCSC(C)(C)C1. The second-order valence-corrected chi connectivity index (χ2v) is 7.31. The fourth-order valence-corrected chi connectivity index (χ4v) is 3.61. The summed E-state index contributed by atoms with van der Waals surface area (Å²) in [5, 5.41) is 10.1. The molecule has 18 heavy (non-hydrogen) atoms. The van der Waals surface area contributed by atoms with E-state index in [4.69, 9.17) is 0 Å². The van der Waals surface area contributed by atoms with Gasteiger partial charge < -0.3 is 10.0 Å². The van der Waals surface area contributed by atoms with E-state index in [1.54, 1.807) is 0 Å². The maximum atomic E-state index is 10.1. The molecule has 0 saturated carbocycles. The quantitative estimate of drug-likeness (QED) is 0.905. The number of hydrogen-bond donors (Lipinski definition) is 1. The van der Waals surface area contributed by atoms with Crippen LogP contribution in [0.3, 0.4) is 0 Å². The van der Waals surface area contributed by atoms with Gasteiger partial charge in [0.1, 0.15) is 0 Å². The normalized spacial score (nSPS) is 20.8. The van der Waals surface area contributed by atoms with E-state index in [0.29, 0.717) is 4.75 Å². The number of benzene rings is 1. The molecule has 1 aromatic rings. The molecule has 0 bridgehead atoms. The Balaban J connectivity index is 2.27. The predicted molar refractivity (Wildman–Crippen MR) is 80.4 cm³/mol. The first-order valence-electron chi connectivity index (χ1n) is 6.69. The highest BCUT2D eigenvalue weighted by Gasteiger charge is 2.28. The van der Waals surface area contributed by atoms with E-state index in [9.17, 15) is 5.11 Å². The van der Waals surface area contributed by atoms with Crippen LogP contribution in [-0.4, -0.2) is 28.7 Å². The van der Waals surface area contributed by atoms with Crippen LogP contribution in [0.5, 0.6) is 0 Å². The summed E-state index contributed by atoms with van der Waals surface area (Å²) in [6, 6.07) is 8.27. The maximum Gasteiger partial charge on any atom is 0.0807 e. The minimum Gasteiger partial charge on any atom is -0.388 e. The van der Waals surface area contributed by atoms with Crippen LogP contribution in [0.25, 0.3) is 0 Å². The number of aliphatic hydroxyl groups excluding tert-OH is 1. The molecule has 100 valence electrons. The molecule has 0 radical (unpaired) electrons. The van der Waals surface area contributed by atoms with Crippen molar-refractivity contribution in [1.29, 1.82) is 0 Å².